The van der Waals surface area contributed by atoms with Gasteiger partial charge in [0.1, 0.15) is 0 Å². The van der Waals surface area contributed by atoms with Crippen molar-refractivity contribution in [2.45, 2.75) is 19.4 Å². The zero-order chi connectivity index (χ0) is 14.3. The number of hydrogen-bond donors (Lipinski definition) is 2. The monoisotopic (exact) mass is 294 g/mol. The molecule has 1 heterocycles. The summed E-state index contributed by atoms with van der Waals surface area (Å²) in [5, 5.41) is 0. The van der Waals surface area contributed by atoms with Gasteiger partial charge in [-0.05, 0) is 19.5 Å². The van der Waals surface area contributed by atoms with E-state index in [9.17, 15) is 8.42 Å². The van der Waals surface area contributed by atoms with Gasteiger partial charge in [-0.2, -0.15) is 17.4 Å². The van der Waals surface area contributed by atoms with E-state index >= 15 is 0 Å². The van der Waals surface area contributed by atoms with E-state index in [4.69, 9.17) is 10.5 Å². The lowest BCUT2D eigenvalue weighted by atomic mass is 10.3. The molecule has 0 bridgehead atoms. The Bertz CT molecular complexity index is 350. The summed E-state index contributed by atoms with van der Waals surface area (Å²) < 4.78 is 33.3. The van der Waals surface area contributed by atoms with E-state index in [-0.39, 0.29) is 6.10 Å². The second kappa shape index (κ2) is 8.13. The molecule has 1 unspecified atom stereocenters. The molecule has 0 saturated carbocycles. The van der Waals surface area contributed by atoms with E-state index in [2.05, 4.69) is 16.5 Å². The number of nitrogens with zero attached hydrogens (tertiary/aromatic N) is 2. The Labute approximate surface area is 116 Å². The van der Waals surface area contributed by atoms with Gasteiger partial charge in [0.05, 0.1) is 12.7 Å². The lowest BCUT2D eigenvalue weighted by Gasteiger charge is -2.32. The maximum absolute atomic E-state index is 11.9. The third-order valence-corrected chi connectivity index (χ3v) is 4.79. The third-order valence-electron chi connectivity index (χ3n) is 3.25. The first kappa shape index (κ1) is 16.8. The summed E-state index contributed by atoms with van der Waals surface area (Å²) in [5.41, 5.74) is 5.37. The van der Waals surface area contributed by atoms with Crippen molar-refractivity contribution in [3.63, 3.8) is 0 Å². The van der Waals surface area contributed by atoms with E-state index in [0.717, 1.165) is 19.6 Å². The first-order valence-electron chi connectivity index (χ1n) is 6.74. The van der Waals surface area contributed by atoms with Gasteiger partial charge in [-0.15, -0.1) is 0 Å². The van der Waals surface area contributed by atoms with Gasteiger partial charge < -0.3 is 10.5 Å². The van der Waals surface area contributed by atoms with Crippen LogP contribution in [0.3, 0.4) is 0 Å². The van der Waals surface area contributed by atoms with Crippen LogP contribution in [0.5, 0.6) is 0 Å². The number of likely N-dealkylation sites (N-methyl/N-ethyl adjacent to an activating group) is 1. The van der Waals surface area contributed by atoms with Crippen LogP contribution in [0.1, 0.15) is 13.3 Å². The van der Waals surface area contributed by atoms with E-state index in [0.29, 0.717) is 32.7 Å². The van der Waals surface area contributed by atoms with E-state index in [1.807, 2.05) is 0 Å². The molecule has 0 spiro atoms. The molecule has 3 N–H and O–H groups in total. The molecule has 1 rings (SSSR count). The van der Waals surface area contributed by atoms with Crippen molar-refractivity contribution in [1.82, 2.24) is 13.9 Å². The van der Waals surface area contributed by atoms with Gasteiger partial charge in [0.15, 0.2) is 0 Å². The van der Waals surface area contributed by atoms with Crippen LogP contribution in [0.2, 0.25) is 0 Å². The highest BCUT2D eigenvalue weighted by molar-refractivity contribution is 7.87. The highest BCUT2D eigenvalue weighted by Gasteiger charge is 2.23. The second-order valence-electron chi connectivity index (χ2n) is 4.70. The van der Waals surface area contributed by atoms with Crippen LogP contribution >= 0.6 is 0 Å². The number of rotatable bonds is 8. The molecule has 0 aromatic heterocycles. The molecule has 114 valence electrons. The topological polar surface area (TPSA) is 87.9 Å². The van der Waals surface area contributed by atoms with Crippen molar-refractivity contribution in [3.8, 4) is 0 Å². The maximum Gasteiger partial charge on any atom is 0.279 e. The summed E-state index contributed by atoms with van der Waals surface area (Å²) in [5.74, 6) is 0. The van der Waals surface area contributed by atoms with E-state index in [1.54, 1.807) is 7.05 Å². The van der Waals surface area contributed by atoms with Gasteiger partial charge in [0, 0.05) is 33.2 Å². The van der Waals surface area contributed by atoms with Crippen LogP contribution in [0.15, 0.2) is 0 Å². The van der Waals surface area contributed by atoms with Crippen molar-refractivity contribution >= 4 is 10.2 Å². The number of hydrogen-bond acceptors (Lipinski definition) is 5. The number of morpholine rings is 1. The summed E-state index contributed by atoms with van der Waals surface area (Å²) in [6.07, 6.45) is 0.576. The Morgan fingerprint density at radius 2 is 2.26 bits per heavy atom. The molecule has 0 aliphatic carbocycles. The molecule has 0 radical (unpaired) electrons. The smallest absolute Gasteiger partial charge is 0.279 e. The molecule has 8 heteroatoms. The summed E-state index contributed by atoms with van der Waals surface area (Å²) in [6.45, 7) is 6.61. The van der Waals surface area contributed by atoms with Crippen molar-refractivity contribution in [3.05, 3.63) is 0 Å². The van der Waals surface area contributed by atoms with E-state index < -0.39 is 10.2 Å². The molecule has 0 amide bonds. The molecule has 1 aliphatic rings. The Balaban J connectivity index is 2.37. The van der Waals surface area contributed by atoms with Gasteiger partial charge in [-0.25, -0.2) is 0 Å². The Morgan fingerprint density at radius 3 is 2.89 bits per heavy atom. The first-order valence-corrected chi connectivity index (χ1v) is 8.18. The average Bonchev–Trinajstić information content (AvgIpc) is 2.42. The molecular weight excluding hydrogens is 268 g/mol. The van der Waals surface area contributed by atoms with Gasteiger partial charge in [-0.3, -0.25) is 4.90 Å². The van der Waals surface area contributed by atoms with Crippen molar-refractivity contribution in [2.24, 2.45) is 5.73 Å². The second-order valence-corrected chi connectivity index (χ2v) is 6.57. The van der Waals surface area contributed by atoms with Crippen molar-refractivity contribution in [1.29, 1.82) is 0 Å². The molecule has 19 heavy (non-hydrogen) atoms. The summed E-state index contributed by atoms with van der Waals surface area (Å²) >= 11 is 0. The van der Waals surface area contributed by atoms with Gasteiger partial charge in [0.2, 0.25) is 0 Å². The Hall–Kier alpha value is -0.250. The van der Waals surface area contributed by atoms with Gasteiger partial charge in [-0.1, -0.05) is 6.92 Å². The lowest BCUT2D eigenvalue weighted by molar-refractivity contribution is -0.0230. The molecule has 1 atom stereocenters. The van der Waals surface area contributed by atoms with Crippen molar-refractivity contribution in [2.75, 3.05) is 52.9 Å². The van der Waals surface area contributed by atoms with Gasteiger partial charge >= 0.3 is 0 Å². The molecule has 1 saturated heterocycles. The van der Waals surface area contributed by atoms with Crippen LogP contribution in [0.4, 0.5) is 0 Å². The normalized spacial score (nSPS) is 22.0. The standard InChI is InChI=1S/C11H26N4O3S/c1-3-15-7-8-18-11(10-15)9-13-19(16,17)14(2)6-4-5-12/h11,13H,3-10,12H2,1-2H3. The average molecular weight is 294 g/mol. The van der Waals surface area contributed by atoms with Crippen LogP contribution in [-0.4, -0.2) is 76.6 Å². The first-order chi connectivity index (χ1) is 8.99. The minimum absolute atomic E-state index is 0.0774. The number of nitrogens with two attached hydrogens (primary N) is 1. The number of nitrogens with one attached hydrogen (secondary N) is 1. The Kier molecular flexibility index (Phi) is 7.19. The van der Waals surface area contributed by atoms with Gasteiger partial charge in [0.25, 0.3) is 10.2 Å². The molecule has 1 aliphatic heterocycles. The highest BCUT2D eigenvalue weighted by Crippen LogP contribution is 2.05. The van der Waals surface area contributed by atoms with Crippen LogP contribution in [0, 0.1) is 0 Å². The zero-order valence-corrected chi connectivity index (χ0v) is 12.7. The van der Waals surface area contributed by atoms with E-state index in [1.165, 1.54) is 4.31 Å². The third kappa shape index (κ3) is 5.72. The minimum Gasteiger partial charge on any atom is -0.374 e. The highest BCUT2D eigenvalue weighted by atomic mass is 32.2. The quantitative estimate of drug-likeness (QED) is 0.588. The molecule has 0 aromatic rings. The van der Waals surface area contributed by atoms with Crippen LogP contribution in [0.25, 0.3) is 0 Å². The predicted octanol–water partition coefficient (Wildman–Crippen LogP) is -1.18. The van der Waals surface area contributed by atoms with Crippen molar-refractivity contribution < 1.29 is 13.2 Å². The molecule has 0 aromatic carbocycles. The fourth-order valence-electron chi connectivity index (χ4n) is 1.93. The maximum atomic E-state index is 11.9. The SMILES string of the molecule is CCN1CCOC(CNS(=O)(=O)N(C)CCCN)C1. The molecule has 1 fully saturated rings. The molecular formula is C11H26N4O3S. The predicted molar refractivity (Wildman–Crippen MR) is 75.1 cm³/mol. The van der Waals surface area contributed by atoms with Crippen LogP contribution < -0.4 is 10.5 Å². The largest absolute Gasteiger partial charge is 0.374 e. The minimum atomic E-state index is -3.43. The lowest BCUT2D eigenvalue weighted by Crippen LogP contribution is -2.49. The fourth-order valence-corrected chi connectivity index (χ4v) is 2.92. The van der Waals surface area contributed by atoms with Crippen LogP contribution in [-0.2, 0) is 14.9 Å². The summed E-state index contributed by atoms with van der Waals surface area (Å²) in [6, 6.07) is 0. The Morgan fingerprint density at radius 1 is 1.53 bits per heavy atom. The molecule has 7 nitrogen and oxygen atoms in total. The summed E-state index contributed by atoms with van der Waals surface area (Å²) in [4.78, 5) is 2.25. The zero-order valence-electron chi connectivity index (χ0n) is 11.8. The number of ether oxygens (including phenoxy) is 1. The fraction of sp³-hybridized carbons (Fsp3) is 1.00. The summed E-state index contributed by atoms with van der Waals surface area (Å²) in [7, 11) is -1.87.